The predicted octanol–water partition coefficient (Wildman–Crippen LogP) is 3.50. The van der Waals surface area contributed by atoms with Crippen LogP contribution in [0.25, 0.3) is 0 Å². The smallest absolute Gasteiger partial charge is 0.139 e. The van der Waals surface area contributed by atoms with E-state index in [4.69, 9.17) is 0 Å². The van der Waals surface area contributed by atoms with E-state index in [1.807, 2.05) is 13.0 Å². The maximum Gasteiger partial charge on any atom is 0.139 e. The molecule has 0 aromatic heterocycles. The molecule has 0 saturated heterocycles. The summed E-state index contributed by atoms with van der Waals surface area (Å²) in [6.07, 6.45) is 3.49. The van der Waals surface area contributed by atoms with E-state index in [1.165, 1.54) is 0 Å². The van der Waals surface area contributed by atoms with Gasteiger partial charge in [0.25, 0.3) is 0 Å². The second kappa shape index (κ2) is 5.38. The Morgan fingerprint density at radius 2 is 2.00 bits per heavy atom. The van der Waals surface area contributed by atoms with E-state index in [0.717, 1.165) is 12.5 Å². The Morgan fingerprint density at radius 1 is 1.46 bits per heavy atom. The van der Waals surface area contributed by atoms with Crippen molar-refractivity contribution in [1.82, 2.24) is 0 Å². The molecule has 0 heterocycles. The topological polar surface area (TPSA) is 17.1 Å². The van der Waals surface area contributed by atoms with Crippen molar-refractivity contribution in [1.29, 1.82) is 0 Å². The van der Waals surface area contributed by atoms with Gasteiger partial charge in [-0.05, 0) is 12.5 Å². The van der Waals surface area contributed by atoms with Gasteiger partial charge in [0.15, 0.2) is 0 Å². The molecule has 0 aliphatic rings. The van der Waals surface area contributed by atoms with Crippen LogP contribution in [0, 0.1) is 5.92 Å². The lowest BCUT2D eigenvalue weighted by atomic mass is 10.0. The van der Waals surface area contributed by atoms with Crippen molar-refractivity contribution in [3.8, 4) is 0 Å². The molecular formula is C11H22OSi. The van der Waals surface area contributed by atoms with Gasteiger partial charge >= 0.3 is 0 Å². The Labute approximate surface area is 83.2 Å². The Balaban J connectivity index is 4.18. The molecule has 0 bridgehead atoms. The highest BCUT2D eigenvalue weighted by molar-refractivity contribution is 6.76. The third kappa shape index (κ3) is 5.80. The fourth-order valence-electron chi connectivity index (χ4n) is 1.42. The van der Waals surface area contributed by atoms with Crippen LogP contribution < -0.4 is 0 Å². The molecule has 0 amide bonds. The van der Waals surface area contributed by atoms with Crippen molar-refractivity contribution in [2.45, 2.75) is 45.5 Å². The summed E-state index contributed by atoms with van der Waals surface area (Å²) in [7, 11) is -1.13. The van der Waals surface area contributed by atoms with Crippen molar-refractivity contribution in [3.05, 3.63) is 12.7 Å². The Morgan fingerprint density at radius 3 is 2.31 bits per heavy atom. The Hall–Kier alpha value is -0.373. The minimum Gasteiger partial charge on any atom is -0.299 e. The molecule has 1 nitrogen and oxygen atoms in total. The molecule has 0 aromatic rings. The summed E-state index contributed by atoms with van der Waals surface area (Å²) >= 11 is 0. The van der Waals surface area contributed by atoms with Crippen LogP contribution in [0.4, 0.5) is 0 Å². The van der Waals surface area contributed by atoms with Gasteiger partial charge in [0.05, 0.1) is 0 Å². The second-order valence-electron chi connectivity index (χ2n) is 4.82. The monoisotopic (exact) mass is 198 g/mol. The number of rotatable bonds is 6. The zero-order valence-corrected chi connectivity index (χ0v) is 10.4. The van der Waals surface area contributed by atoms with Crippen LogP contribution in [-0.2, 0) is 4.79 Å². The summed E-state index contributed by atoms with van der Waals surface area (Å²) in [6.45, 7) is 12.7. The Kier molecular flexibility index (Phi) is 5.22. The molecule has 0 rings (SSSR count). The zero-order chi connectivity index (χ0) is 10.5. The molecule has 1 atom stereocenters. The van der Waals surface area contributed by atoms with Crippen LogP contribution in [0.5, 0.6) is 0 Å². The zero-order valence-electron chi connectivity index (χ0n) is 9.39. The maximum absolute atomic E-state index is 11.6. The quantitative estimate of drug-likeness (QED) is 0.471. The average Bonchev–Trinajstić information content (AvgIpc) is 1.99. The fourth-order valence-corrected chi connectivity index (χ4v) is 3.13. The first kappa shape index (κ1) is 12.6. The third-order valence-corrected chi connectivity index (χ3v) is 3.69. The largest absolute Gasteiger partial charge is 0.299 e. The first-order valence-corrected chi connectivity index (χ1v) is 8.76. The lowest BCUT2D eigenvalue weighted by Crippen LogP contribution is -2.26. The van der Waals surface area contributed by atoms with Gasteiger partial charge in [-0.25, -0.2) is 0 Å². The van der Waals surface area contributed by atoms with Gasteiger partial charge in [0.2, 0.25) is 0 Å². The normalized spacial score (nSPS) is 13.8. The summed E-state index contributed by atoms with van der Waals surface area (Å²) in [5.41, 5.74) is 0. The molecular weight excluding hydrogens is 176 g/mol. The number of ketones is 1. The van der Waals surface area contributed by atoms with Gasteiger partial charge in [-0.3, -0.25) is 4.79 Å². The fraction of sp³-hybridized carbons (Fsp3) is 0.727. The molecule has 0 N–H and O–H groups in total. The highest BCUT2D eigenvalue weighted by Crippen LogP contribution is 2.20. The van der Waals surface area contributed by atoms with E-state index in [0.29, 0.717) is 12.2 Å². The van der Waals surface area contributed by atoms with E-state index < -0.39 is 8.07 Å². The van der Waals surface area contributed by atoms with Gasteiger partial charge in [-0.15, -0.1) is 6.58 Å². The van der Waals surface area contributed by atoms with Crippen molar-refractivity contribution in [2.75, 3.05) is 0 Å². The molecule has 1 unspecified atom stereocenters. The van der Waals surface area contributed by atoms with Crippen molar-refractivity contribution >= 4 is 13.9 Å². The molecule has 0 aliphatic carbocycles. The lowest BCUT2D eigenvalue weighted by molar-refractivity contribution is -0.121. The number of Topliss-reactive ketones (excluding diaryl/α,β-unsaturated/α-hetero) is 1. The van der Waals surface area contributed by atoms with Gasteiger partial charge in [0.1, 0.15) is 5.78 Å². The molecule has 2 heteroatoms. The lowest BCUT2D eigenvalue weighted by Gasteiger charge is -2.20. The van der Waals surface area contributed by atoms with Crippen molar-refractivity contribution in [3.63, 3.8) is 0 Å². The highest BCUT2D eigenvalue weighted by Gasteiger charge is 2.22. The first-order valence-electron chi connectivity index (χ1n) is 5.06. The third-order valence-electron chi connectivity index (χ3n) is 2.03. The number of hydrogen-bond donors (Lipinski definition) is 0. The summed E-state index contributed by atoms with van der Waals surface area (Å²) < 4.78 is 0. The van der Waals surface area contributed by atoms with E-state index in [-0.39, 0.29) is 5.92 Å². The molecule has 0 radical (unpaired) electrons. The molecule has 0 aromatic carbocycles. The molecule has 13 heavy (non-hydrogen) atoms. The summed E-state index contributed by atoms with van der Waals surface area (Å²) in [5, 5.41) is 0. The maximum atomic E-state index is 11.6. The Bertz CT molecular complexity index is 179. The van der Waals surface area contributed by atoms with Gasteiger partial charge < -0.3 is 0 Å². The SMILES string of the molecule is C=CC(C[Si](C)(C)C)C(=O)CCC. The molecule has 0 aliphatic heterocycles. The predicted molar refractivity (Wildman–Crippen MR) is 61.8 cm³/mol. The second-order valence-corrected chi connectivity index (χ2v) is 10.4. The summed E-state index contributed by atoms with van der Waals surface area (Å²) in [6, 6.07) is 1.05. The van der Waals surface area contributed by atoms with Gasteiger partial charge in [-0.1, -0.05) is 32.6 Å². The van der Waals surface area contributed by atoms with Gasteiger partial charge in [-0.2, -0.15) is 0 Å². The standard InChI is InChI=1S/C11H22OSi/c1-6-8-11(12)10(7-2)9-13(3,4)5/h7,10H,2,6,8-9H2,1,3-5H3. The van der Waals surface area contributed by atoms with Crippen molar-refractivity contribution in [2.24, 2.45) is 5.92 Å². The first-order chi connectivity index (χ1) is 5.90. The highest BCUT2D eigenvalue weighted by atomic mass is 28.3. The minimum atomic E-state index is -1.13. The van der Waals surface area contributed by atoms with Crippen LogP contribution in [0.2, 0.25) is 25.7 Å². The molecule has 76 valence electrons. The minimum absolute atomic E-state index is 0.117. The van der Waals surface area contributed by atoms with Crippen LogP contribution >= 0.6 is 0 Å². The number of hydrogen-bond acceptors (Lipinski definition) is 1. The molecule has 0 saturated carbocycles. The van der Waals surface area contributed by atoms with Crippen LogP contribution in [-0.4, -0.2) is 13.9 Å². The van der Waals surface area contributed by atoms with Gasteiger partial charge in [0, 0.05) is 20.4 Å². The number of allylic oxidation sites excluding steroid dienone is 1. The van der Waals surface area contributed by atoms with Crippen molar-refractivity contribution < 1.29 is 4.79 Å². The number of carbonyl (C=O) groups is 1. The molecule has 0 fully saturated rings. The van der Waals surface area contributed by atoms with E-state index >= 15 is 0 Å². The van der Waals surface area contributed by atoms with Crippen LogP contribution in [0.1, 0.15) is 19.8 Å². The number of carbonyl (C=O) groups excluding carboxylic acids is 1. The van der Waals surface area contributed by atoms with Crippen LogP contribution in [0.15, 0.2) is 12.7 Å². The summed E-state index contributed by atoms with van der Waals surface area (Å²) in [4.78, 5) is 11.6. The molecule has 0 spiro atoms. The van der Waals surface area contributed by atoms with E-state index in [2.05, 4.69) is 26.2 Å². The van der Waals surface area contributed by atoms with Crippen LogP contribution in [0.3, 0.4) is 0 Å². The average molecular weight is 198 g/mol. The van der Waals surface area contributed by atoms with E-state index in [1.54, 1.807) is 0 Å². The summed E-state index contributed by atoms with van der Waals surface area (Å²) in [5.74, 6) is 0.492. The van der Waals surface area contributed by atoms with E-state index in [9.17, 15) is 4.79 Å².